The average molecular weight is 377 g/mol. The van der Waals surface area contributed by atoms with Gasteiger partial charge in [-0.3, -0.25) is 9.59 Å². The topological polar surface area (TPSA) is 43.9 Å². The van der Waals surface area contributed by atoms with Crippen molar-refractivity contribution < 1.29 is 9.59 Å². The van der Waals surface area contributed by atoms with E-state index in [-0.39, 0.29) is 11.8 Å². The van der Waals surface area contributed by atoms with Gasteiger partial charge in [-0.1, -0.05) is 24.3 Å². The zero-order valence-electron chi connectivity index (χ0n) is 16.2. The third kappa shape index (κ3) is 4.03. The lowest BCUT2D eigenvalue weighted by atomic mass is 10.1. The van der Waals surface area contributed by atoms with Crippen LogP contribution in [0.3, 0.4) is 0 Å². The maximum absolute atomic E-state index is 13.0. The number of hydrogen-bond donors (Lipinski definition) is 0. The normalized spacial score (nSPS) is 17.5. The van der Waals surface area contributed by atoms with Crippen molar-refractivity contribution in [3.8, 4) is 0 Å². The highest BCUT2D eigenvalue weighted by Gasteiger charge is 2.24. The summed E-state index contributed by atoms with van der Waals surface area (Å²) in [6.45, 7) is 4.66. The first-order chi connectivity index (χ1) is 13.7. The van der Waals surface area contributed by atoms with Crippen LogP contribution in [0.5, 0.6) is 0 Å². The predicted molar refractivity (Wildman–Crippen MR) is 111 cm³/mol. The molecule has 0 aromatic heterocycles. The van der Waals surface area contributed by atoms with Crippen molar-refractivity contribution in [2.75, 3.05) is 44.2 Å². The first kappa shape index (κ1) is 18.5. The van der Waals surface area contributed by atoms with E-state index in [4.69, 9.17) is 0 Å². The van der Waals surface area contributed by atoms with Gasteiger partial charge in [0.15, 0.2) is 0 Å². The Balaban J connectivity index is 1.40. The number of likely N-dealkylation sites (tertiary alicyclic amines) is 1. The van der Waals surface area contributed by atoms with Gasteiger partial charge in [0.1, 0.15) is 0 Å². The fourth-order valence-electron chi connectivity index (χ4n) is 4.05. The second-order valence-corrected chi connectivity index (χ2v) is 7.55. The molecule has 28 heavy (non-hydrogen) atoms. The van der Waals surface area contributed by atoms with Crippen molar-refractivity contribution in [3.63, 3.8) is 0 Å². The summed E-state index contributed by atoms with van der Waals surface area (Å²) in [5.41, 5.74) is 2.43. The van der Waals surface area contributed by atoms with E-state index < -0.39 is 0 Å². The van der Waals surface area contributed by atoms with Gasteiger partial charge >= 0.3 is 0 Å². The van der Waals surface area contributed by atoms with E-state index in [2.05, 4.69) is 17.0 Å². The zero-order valence-corrected chi connectivity index (χ0v) is 16.2. The number of carbonyl (C=O) groups excluding carboxylic acids is 2. The molecule has 0 aliphatic carbocycles. The molecule has 2 aliphatic heterocycles. The molecule has 0 saturated carbocycles. The highest BCUT2D eigenvalue weighted by atomic mass is 16.2. The highest BCUT2D eigenvalue weighted by Crippen LogP contribution is 2.18. The lowest BCUT2D eigenvalue weighted by Crippen LogP contribution is -2.48. The third-order valence-corrected chi connectivity index (χ3v) is 5.69. The van der Waals surface area contributed by atoms with Gasteiger partial charge in [-0.25, -0.2) is 0 Å². The molecule has 2 aliphatic rings. The number of piperazine rings is 1. The van der Waals surface area contributed by atoms with Gasteiger partial charge in [-0.05, 0) is 49.6 Å². The van der Waals surface area contributed by atoms with Crippen LogP contribution in [0.4, 0.5) is 5.69 Å². The molecule has 2 amide bonds. The van der Waals surface area contributed by atoms with Gasteiger partial charge in [0.25, 0.3) is 11.8 Å². The number of rotatable bonds is 3. The van der Waals surface area contributed by atoms with Crippen LogP contribution in [0, 0.1) is 0 Å². The van der Waals surface area contributed by atoms with Crippen LogP contribution in [0.1, 0.15) is 40.0 Å². The first-order valence-corrected chi connectivity index (χ1v) is 10.2. The zero-order chi connectivity index (χ0) is 19.3. The van der Waals surface area contributed by atoms with E-state index in [9.17, 15) is 9.59 Å². The Labute approximate surface area is 166 Å². The third-order valence-electron chi connectivity index (χ3n) is 5.69. The highest BCUT2D eigenvalue weighted by molar-refractivity contribution is 5.99. The number of anilines is 1. The SMILES string of the molecule is O=C(c1cccc(C(=O)N2CCN(c3ccccc3)CC2)c1)N1CCCCC1. The van der Waals surface area contributed by atoms with Gasteiger partial charge < -0.3 is 14.7 Å². The predicted octanol–water partition coefficient (Wildman–Crippen LogP) is 3.28. The van der Waals surface area contributed by atoms with Gasteiger partial charge in [0.05, 0.1) is 0 Å². The fourth-order valence-corrected chi connectivity index (χ4v) is 4.05. The van der Waals surface area contributed by atoms with Crippen LogP contribution in [0.25, 0.3) is 0 Å². The number of para-hydroxylation sites is 1. The molecule has 0 atom stereocenters. The molecule has 2 saturated heterocycles. The molecule has 0 N–H and O–H groups in total. The van der Waals surface area contributed by atoms with E-state index in [1.54, 1.807) is 6.07 Å². The summed E-state index contributed by atoms with van der Waals surface area (Å²) in [5, 5.41) is 0. The van der Waals surface area contributed by atoms with Crippen molar-refractivity contribution in [3.05, 3.63) is 65.7 Å². The summed E-state index contributed by atoms with van der Waals surface area (Å²) in [7, 11) is 0. The maximum atomic E-state index is 13.0. The number of nitrogens with zero attached hydrogens (tertiary/aromatic N) is 3. The molecule has 2 fully saturated rings. The van der Waals surface area contributed by atoms with Crippen molar-refractivity contribution >= 4 is 17.5 Å². The van der Waals surface area contributed by atoms with E-state index in [1.807, 2.05) is 46.2 Å². The summed E-state index contributed by atoms with van der Waals surface area (Å²) >= 11 is 0. The minimum Gasteiger partial charge on any atom is -0.368 e. The lowest BCUT2D eigenvalue weighted by Gasteiger charge is -2.36. The van der Waals surface area contributed by atoms with E-state index >= 15 is 0 Å². The van der Waals surface area contributed by atoms with Crippen LogP contribution in [0.2, 0.25) is 0 Å². The molecule has 2 aromatic rings. The Bertz CT molecular complexity index is 823. The largest absolute Gasteiger partial charge is 0.368 e. The van der Waals surface area contributed by atoms with E-state index in [0.717, 1.165) is 39.0 Å². The van der Waals surface area contributed by atoms with Gasteiger partial charge in [0, 0.05) is 56.1 Å². The molecule has 0 spiro atoms. The fraction of sp³-hybridized carbons (Fsp3) is 0.391. The Hall–Kier alpha value is -2.82. The molecule has 0 unspecified atom stereocenters. The number of amides is 2. The molecule has 146 valence electrons. The Morgan fingerprint density at radius 2 is 1.18 bits per heavy atom. The molecule has 0 radical (unpaired) electrons. The van der Waals surface area contributed by atoms with E-state index in [1.165, 1.54) is 12.1 Å². The summed E-state index contributed by atoms with van der Waals surface area (Å²) < 4.78 is 0. The molecule has 4 rings (SSSR count). The second-order valence-electron chi connectivity index (χ2n) is 7.55. The monoisotopic (exact) mass is 377 g/mol. The number of piperidine rings is 1. The molecule has 0 bridgehead atoms. The molecule has 2 aromatic carbocycles. The van der Waals surface area contributed by atoms with Gasteiger partial charge in [-0.2, -0.15) is 0 Å². The minimum atomic E-state index is 0.0148. The molecule has 5 heteroatoms. The quantitative estimate of drug-likeness (QED) is 0.825. The summed E-state index contributed by atoms with van der Waals surface area (Å²) in [4.78, 5) is 31.8. The Morgan fingerprint density at radius 3 is 1.79 bits per heavy atom. The molecule has 2 heterocycles. The van der Waals surface area contributed by atoms with Gasteiger partial charge in [-0.15, -0.1) is 0 Å². The van der Waals surface area contributed by atoms with E-state index in [0.29, 0.717) is 24.2 Å². The average Bonchev–Trinajstić information content (AvgIpc) is 2.79. The molecule has 5 nitrogen and oxygen atoms in total. The van der Waals surface area contributed by atoms with Gasteiger partial charge in [0.2, 0.25) is 0 Å². The van der Waals surface area contributed by atoms with Crippen molar-refractivity contribution in [2.24, 2.45) is 0 Å². The summed E-state index contributed by atoms with van der Waals surface area (Å²) in [6.07, 6.45) is 3.32. The van der Waals surface area contributed by atoms with Crippen LogP contribution >= 0.6 is 0 Å². The standard InChI is InChI=1S/C23H27N3O2/c27-22(25-12-5-2-6-13-25)19-8-7-9-20(18-19)23(28)26-16-14-24(15-17-26)21-10-3-1-4-11-21/h1,3-4,7-11,18H,2,5-6,12-17H2. The first-order valence-electron chi connectivity index (χ1n) is 10.2. The Morgan fingerprint density at radius 1 is 0.607 bits per heavy atom. The number of hydrogen-bond acceptors (Lipinski definition) is 3. The van der Waals surface area contributed by atoms with Crippen molar-refractivity contribution in [1.29, 1.82) is 0 Å². The van der Waals surface area contributed by atoms with Crippen LogP contribution in [0.15, 0.2) is 54.6 Å². The minimum absolute atomic E-state index is 0.0148. The lowest BCUT2D eigenvalue weighted by molar-refractivity contribution is 0.0724. The number of benzene rings is 2. The maximum Gasteiger partial charge on any atom is 0.253 e. The van der Waals surface area contributed by atoms with Crippen molar-refractivity contribution in [2.45, 2.75) is 19.3 Å². The van der Waals surface area contributed by atoms with Crippen LogP contribution in [-0.4, -0.2) is 60.9 Å². The summed E-state index contributed by atoms with van der Waals surface area (Å²) in [6, 6.07) is 17.5. The Kier molecular flexibility index (Phi) is 5.60. The van der Waals surface area contributed by atoms with Crippen LogP contribution in [-0.2, 0) is 0 Å². The smallest absolute Gasteiger partial charge is 0.253 e. The molecular weight excluding hydrogens is 350 g/mol. The molecular formula is C23H27N3O2. The van der Waals surface area contributed by atoms with Crippen LogP contribution < -0.4 is 4.90 Å². The second kappa shape index (κ2) is 8.46. The summed E-state index contributed by atoms with van der Waals surface area (Å²) in [5.74, 6) is 0.0595. The van der Waals surface area contributed by atoms with Crippen molar-refractivity contribution in [1.82, 2.24) is 9.80 Å². The number of carbonyl (C=O) groups is 2.